The van der Waals surface area contributed by atoms with E-state index < -0.39 is 0 Å². The van der Waals surface area contributed by atoms with Crippen LogP contribution in [0.3, 0.4) is 0 Å². The number of nitrogens with one attached hydrogen (secondary N) is 2. The van der Waals surface area contributed by atoms with Crippen LogP contribution in [-0.4, -0.2) is 52.9 Å². The van der Waals surface area contributed by atoms with Crippen LogP contribution in [0.5, 0.6) is 0 Å². The molecule has 7 heteroatoms. The predicted molar refractivity (Wildman–Crippen MR) is 77.4 cm³/mol. The highest BCUT2D eigenvalue weighted by Crippen LogP contribution is 2.38. The molecule has 1 amide bonds. The number of hydrogen-bond donors (Lipinski definition) is 3. The maximum absolute atomic E-state index is 12.0. The van der Waals surface area contributed by atoms with Gasteiger partial charge in [-0.25, -0.2) is 4.98 Å². The largest absolute Gasteiger partial charge is 0.395 e. The molecule has 2 heterocycles. The predicted octanol–water partition coefficient (Wildman–Crippen LogP) is 0.109. The van der Waals surface area contributed by atoms with Crippen LogP contribution in [0, 0.1) is 0 Å². The fourth-order valence-electron chi connectivity index (χ4n) is 2.68. The second-order valence-electron chi connectivity index (χ2n) is 5.06. The summed E-state index contributed by atoms with van der Waals surface area (Å²) in [5.41, 5.74) is 2.74. The van der Waals surface area contributed by atoms with Crippen molar-refractivity contribution in [3.8, 4) is 0 Å². The molecule has 3 N–H and O–H groups in total. The van der Waals surface area contributed by atoms with Gasteiger partial charge < -0.3 is 15.3 Å². The second-order valence-corrected chi connectivity index (χ2v) is 5.06. The van der Waals surface area contributed by atoms with Gasteiger partial charge in [-0.15, -0.1) is 0 Å². The number of benzene rings is 1. The molecule has 3 rings (SSSR count). The Morgan fingerprint density at radius 2 is 2.43 bits per heavy atom. The number of amides is 1. The molecule has 1 aromatic carbocycles. The Morgan fingerprint density at radius 1 is 1.57 bits per heavy atom. The molecule has 1 aliphatic heterocycles. The number of carbonyl (C=O) groups excluding carboxylic acids is 1. The molecule has 0 saturated heterocycles. The average molecular weight is 287 g/mol. The van der Waals surface area contributed by atoms with Crippen molar-refractivity contribution in [2.24, 2.45) is 0 Å². The molecule has 0 fully saturated rings. The van der Waals surface area contributed by atoms with E-state index in [2.05, 4.69) is 25.4 Å². The first-order chi connectivity index (χ1) is 10.2. The zero-order chi connectivity index (χ0) is 14.8. The zero-order valence-corrected chi connectivity index (χ0v) is 11.7. The van der Waals surface area contributed by atoms with Crippen molar-refractivity contribution < 1.29 is 9.90 Å². The fraction of sp³-hybridized carbons (Fsp3) is 0.357. The summed E-state index contributed by atoms with van der Waals surface area (Å²) in [6.45, 7) is 0.980. The molecule has 1 aromatic heterocycles. The molecule has 2 aromatic rings. The second kappa shape index (κ2) is 5.53. The first-order valence-electron chi connectivity index (χ1n) is 6.80. The van der Waals surface area contributed by atoms with E-state index in [9.17, 15) is 4.79 Å². The van der Waals surface area contributed by atoms with Gasteiger partial charge in [-0.2, -0.15) is 5.10 Å². The van der Waals surface area contributed by atoms with Crippen molar-refractivity contribution in [2.45, 2.75) is 5.92 Å². The van der Waals surface area contributed by atoms with Crippen molar-refractivity contribution in [3.63, 3.8) is 0 Å². The summed E-state index contributed by atoms with van der Waals surface area (Å²) in [5, 5.41) is 18.2. The van der Waals surface area contributed by atoms with Gasteiger partial charge in [0.25, 0.3) is 5.91 Å². The van der Waals surface area contributed by atoms with E-state index in [1.54, 1.807) is 6.07 Å². The average Bonchev–Trinajstić information content (AvgIpc) is 3.12. The van der Waals surface area contributed by atoms with Crippen LogP contribution in [0.15, 0.2) is 24.5 Å². The van der Waals surface area contributed by atoms with Crippen LogP contribution in [0.4, 0.5) is 5.69 Å². The van der Waals surface area contributed by atoms with E-state index in [-0.39, 0.29) is 25.0 Å². The Bertz CT molecular complexity index is 641. The number of rotatable bonds is 4. The van der Waals surface area contributed by atoms with Gasteiger partial charge in [0.05, 0.1) is 12.5 Å². The summed E-state index contributed by atoms with van der Waals surface area (Å²) in [5.74, 6) is 0.698. The number of likely N-dealkylation sites (N-methyl/N-ethyl adjacent to an activating group) is 1. The van der Waals surface area contributed by atoms with Gasteiger partial charge in [-0.05, 0) is 23.8 Å². The van der Waals surface area contributed by atoms with E-state index in [1.807, 2.05) is 19.2 Å². The Kier molecular flexibility index (Phi) is 3.57. The van der Waals surface area contributed by atoms with Crippen molar-refractivity contribution in [2.75, 3.05) is 31.6 Å². The van der Waals surface area contributed by atoms with Crippen LogP contribution in [-0.2, 0) is 0 Å². The molecule has 0 spiro atoms. The monoisotopic (exact) mass is 287 g/mol. The summed E-state index contributed by atoms with van der Waals surface area (Å²) in [7, 11) is 2.01. The minimum absolute atomic E-state index is 0.0693. The zero-order valence-electron chi connectivity index (χ0n) is 11.7. The molecule has 1 aliphatic rings. The third-order valence-corrected chi connectivity index (χ3v) is 3.69. The molecule has 0 radical (unpaired) electrons. The highest BCUT2D eigenvalue weighted by atomic mass is 16.3. The summed E-state index contributed by atoms with van der Waals surface area (Å²) in [6.07, 6.45) is 1.49. The standard InChI is InChI=1S/C14H17N5O2/c1-19-7-11(13-16-8-17-18-13)10-6-9(2-3-12(10)19)14(21)15-4-5-20/h2-3,6,8,11,20H,4-5,7H2,1H3,(H,15,21)(H,16,17,18). The lowest BCUT2D eigenvalue weighted by Gasteiger charge is -2.11. The molecule has 7 nitrogen and oxygen atoms in total. The van der Waals surface area contributed by atoms with Crippen molar-refractivity contribution >= 4 is 11.6 Å². The minimum atomic E-state index is -0.183. The SMILES string of the molecule is CN1CC(c2ncn[nH]2)c2cc(C(=O)NCCO)ccc21. The Hall–Kier alpha value is -2.41. The number of nitrogens with zero attached hydrogens (tertiary/aromatic N) is 3. The van der Waals surface area contributed by atoms with Crippen LogP contribution < -0.4 is 10.2 Å². The molecule has 1 unspecified atom stereocenters. The molecular formula is C14H17N5O2. The molecular weight excluding hydrogens is 270 g/mol. The van der Waals surface area contributed by atoms with Gasteiger partial charge in [-0.3, -0.25) is 9.89 Å². The Morgan fingerprint density at radius 3 is 3.14 bits per heavy atom. The summed E-state index contributed by atoms with van der Waals surface area (Å²) in [6, 6.07) is 5.63. The molecule has 110 valence electrons. The third kappa shape index (κ3) is 2.47. The molecule has 0 bridgehead atoms. The molecule has 0 saturated carbocycles. The van der Waals surface area contributed by atoms with Crippen molar-refractivity contribution in [1.82, 2.24) is 20.5 Å². The Labute approximate surface area is 122 Å². The van der Waals surface area contributed by atoms with Crippen molar-refractivity contribution in [3.05, 3.63) is 41.5 Å². The van der Waals surface area contributed by atoms with Crippen LogP contribution in [0.1, 0.15) is 27.7 Å². The summed E-state index contributed by atoms with van der Waals surface area (Å²) < 4.78 is 0. The number of fused-ring (bicyclic) bond motifs is 1. The highest BCUT2D eigenvalue weighted by Gasteiger charge is 2.30. The molecule has 0 aliphatic carbocycles. The number of aliphatic hydroxyl groups excluding tert-OH is 1. The van der Waals surface area contributed by atoms with Crippen LogP contribution in [0.2, 0.25) is 0 Å². The molecule has 21 heavy (non-hydrogen) atoms. The van der Waals surface area contributed by atoms with E-state index in [0.29, 0.717) is 5.56 Å². The lowest BCUT2D eigenvalue weighted by molar-refractivity contribution is 0.0944. The summed E-state index contributed by atoms with van der Waals surface area (Å²) >= 11 is 0. The normalized spacial score (nSPS) is 16.9. The summed E-state index contributed by atoms with van der Waals surface area (Å²) in [4.78, 5) is 18.4. The van der Waals surface area contributed by atoms with Gasteiger partial charge >= 0.3 is 0 Å². The van der Waals surface area contributed by atoms with E-state index in [4.69, 9.17) is 5.11 Å². The number of carbonyl (C=O) groups is 1. The van der Waals surface area contributed by atoms with Crippen LogP contribution >= 0.6 is 0 Å². The number of hydrogen-bond acceptors (Lipinski definition) is 5. The minimum Gasteiger partial charge on any atom is -0.395 e. The number of aromatic amines is 1. The number of aliphatic hydroxyl groups is 1. The van der Waals surface area contributed by atoms with Gasteiger partial charge in [-0.1, -0.05) is 0 Å². The first kappa shape index (κ1) is 13.6. The topological polar surface area (TPSA) is 94.1 Å². The number of H-pyrrole nitrogens is 1. The number of aromatic nitrogens is 3. The van der Waals surface area contributed by atoms with Crippen LogP contribution in [0.25, 0.3) is 0 Å². The van der Waals surface area contributed by atoms with Gasteiger partial charge in [0.2, 0.25) is 0 Å². The van der Waals surface area contributed by atoms with Crippen molar-refractivity contribution in [1.29, 1.82) is 0 Å². The Balaban J connectivity index is 1.93. The van der Waals surface area contributed by atoms with Gasteiger partial charge in [0, 0.05) is 31.4 Å². The number of anilines is 1. The van der Waals surface area contributed by atoms with Gasteiger partial charge in [0.1, 0.15) is 12.2 Å². The lowest BCUT2D eigenvalue weighted by Crippen LogP contribution is -2.26. The third-order valence-electron chi connectivity index (χ3n) is 3.69. The fourth-order valence-corrected chi connectivity index (χ4v) is 2.68. The van der Waals surface area contributed by atoms with E-state index in [0.717, 1.165) is 23.6 Å². The smallest absolute Gasteiger partial charge is 0.251 e. The van der Waals surface area contributed by atoms with Gasteiger partial charge in [0.15, 0.2) is 0 Å². The van der Waals surface area contributed by atoms with E-state index >= 15 is 0 Å². The lowest BCUT2D eigenvalue weighted by atomic mass is 9.98. The maximum atomic E-state index is 12.0. The first-order valence-corrected chi connectivity index (χ1v) is 6.80. The van der Waals surface area contributed by atoms with E-state index in [1.165, 1.54) is 6.33 Å². The molecule has 1 atom stereocenters. The maximum Gasteiger partial charge on any atom is 0.251 e. The quantitative estimate of drug-likeness (QED) is 0.742. The highest BCUT2D eigenvalue weighted by molar-refractivity contribution is 5.95.